The number of rotatable bonds is 5. The maximum atomic E-state index is 13.7. The Morgan fingerprint density at radius 3 is 2.57 bits per heavy atom. The molecule has 0 spiro atoms. The van der Waals surface area contributed by atoms with Crippen LogP contribution in [0.2, 0.25) is 0 Å². The largest absolute Gasteiger partial charge is 0.350 e. The summed E-state index contributed by atoms with van der Waals surface area (Å²) in [6.07, 6.45) is 0.873. The van der Waals surface area contributed by atoms with Crippen molar-refractivity contribution in [3.63, 3.8) is 0 Å². The molecule has 1 aliphatic rings. The Kier molecular flexibility index (Phi) is 7.45. The number of hydrogen-bond donors (Lipinski definition) is 3. The van der Waals surface area contributed by atoms with Gasteiger partial charge in [-0.05, 0) is 31.0 Å². The summed E-state index contributed by atoms with van der Waals surface area (Å²) in [6, 6.07) is 5.13. The molecule has 3 N–H and O–H groups in total. The first-order valence-electron chi connectivity index (χ1n) is 7.55. The van der Waals surface area contributed by atoms with Gasteiger partial charge in [0.15, 0.2) is 0 Å². The zero-order chi connectivity index (χ0) is 16.1. The lowest BCUT2D eigenvalue weighted by Crippen LogP contribution is -2.52. The molecule has 1 saturated heterocycles. The van der Waals surface area contributed by atoms with Crippen LogP contribution >= 0.6 is 12.4 Å². The average Bonchev–Trinajstić information content (AvgIpc) is 2.97. The number of benzene rings is 1. The molecule has 0 aliphatic carbocycles. The maximum absolute atomic E-state index is 13.7. The highest BCUT2D eigenvalue weighted by atomic mass is 35.5. The lowest BCUT2D eigenvalue weighted by molar-refractivity contribution is -0.124. The van der Waals surface area contributed by atoms with Crippen molar-refractivity contribution in [2.24, 2.45) is 5.92 Å². The van der Waals surface area contributed by atoms with Gasteiger partial charge in [0.25, 0.3) is 5.91 Å². The second-order valence-electron chi connectivity index (χ2n) is 5.87. The summed E-state index contributed by atoms with van der Waals surface area (Å²) in [5.74, 6) is -1.49. The van der Waals surface area contributed by atoms with E-state index in [1.807, 2.05) is 13.8 Å². The van der Waals surface area contributed by atoms with Crippen LogP contribution in [0.3, 0.4) is 0 Å². The van der Waals surface area contributed by atoms with Crippen molar-refractivity contribution in [2.75, 3.05) is 13.1 Å². The molecule has 1 aromatic carbocycles. The Hall–Kier alpha value is -1.66. The zero-order valence-corrected chi connectivity index (χ0v) is 14.1. The molecule has 1 fully saturated rings. The molecule has 0 saturated carbocycles. The third-order valence-electron chi connectivity index (χ3n) is 3.76. The van der Waals surface area contributed by atoms with E-state index in [2.05, 4.69) is 16.0 Å². The molecule has 2 unspecified atom stereocenters. The van der Waals surface area contributed by atoms with Gasteiger partial charge in [-0.3, -0.25) is 9.59 Å². The van der Waals surface area contributed by atoms with E-state index in [-0.39, 0.29) is 35.8 Å². The Bertz CT molecular complexity index is 548. The van der Waals surface area contributed by atoms with Gasteiger partial charge in [-0.25, -0.2) is 4.39 Å². The van der Waals surface area contributed by atoms with Crippen molar-refractivity contribution in [3.05, 3.63) is 35.6 Å². The summed E-state index contributed by atoms with van der Waals surface area (Å²) in [4.78, 5) is 24.5. The van der Waals surface area contributed by atoms with Gasteiger partial charge < -0.3 is 16.0 Å². The van der Waals surface area contributed by atoms with Crippen molar-refractivity contribution in [3.8, 4) is 0 Å². The fourth-order valence-corrected chi connectivity index (χ4v) is 2.47. The first kappa shape index (κ1) is 19.4. The molecule has 1 aliphatic heterocycles. The summed E-state index contributed by atoms with van der Waals surface area (Å²) in [7, 11) is 0. The third kappa shape index (κ3) is 5.18. The molecule has 2 amide bonds. The SMILES string of the molecule is CC(C)C(NC(=O)c1ccccc1F)C(=O)NC1CCNC1.Cl. The molecule has 23 heavy (non-hydrogen) atoms. The van der Waals surface area contributed by atoms with Crippen LogP contribution in [0.15, 0.2) is 24.3 Å². The van der Waals surface area contributed by atoms with Gasteiger partial charge in [-0.2, -0.15) is 0 Å². The summed E-state index contributed by atoms with van der Waals surface area (Å²) < 4.78 is 13.7. The van der Waals surface area contributed by atoms with E-state index in [4.69, 9.17) is 0 Å². The van der Waals surface area contributed by atoms with E-state index < -0.39 is 17.8 Å². The molecule has 1 aromatic rings. The molecule has 0 radical (unpaired) electrons. The van der Waals surface area contributed by atoms with Crippen LogP contribution < -0.4 is 16.0 Å². The highest BCUT2D eigenvalue weighted by Crippen LogP contribution is 2.09. The molecular weight excluding hydrogens is 321 g/mol. The predicted molar refractivity (Wildman–Crippen MR) is 89.2 cm³/mol. The second-order valence-corrected chi connectivity index (χ2v) is 5.87. The first-order valence-corrected chi connectivity index (χ1v) is 7.55. The summed E-state index contributed by atoms with van der Waals surface area (Å²) in [5, 5.41) is 8.73. The smallest absolute Gasteiger partial charge is 0.254 e. The number of halogens is 2. The van der Waals surface area contributed by atoms with Crippen molar-refractivity contribution in [1.29, 1.82) is 0 Å². The molecular formula is C16H23ClFN3O2. The summed E-state index contributed by atoms with van der Waals surface area (Å²) in [6.45, 7) is 5.30. The number of hydrogen-bond acceptors (Lipinski definition) is 3. The Labute approximate surface area is 141 Å². The minimum atomic E-state index is -0.687. The number of carbonyl (C=O) groups excluding carboxylic acids is 2. The van der Waals surface area contributed by atoms with E-state index in [9.17, 15) is 14.0 Å². The summed E-state index contributed by atoms with van der Waals surface area (Å²) >= 11 is 0. The van der Waals surface area contributed by atoms with Crippen molar-refractivity contribution in [2.45, 2.75) is 32.4 Å². The van der Waals surface area contributed by atoms with Gasteiger partial charge in [0.05, 0.1) is 5.56 Å². The van der Waals surface area contributed by atoms with Crippen LogP contribution in [-0.2, 0) is 4.79 Å². The highest BCUT2D eigenvalue weighted by molar-refractivity contribution is 5.97. The fraction of sp³-hybridized carbons (Fsp3) is 0.500. The maximum Gasteiger partial charge on any atom is 0.254 e. The van der Waals surface area contributed by atoms with E-state index in [1.54, 1.807) is 6.07 Å². The molecule has 7 heteroatoms. The van der Waals surface area contributed by atoms with Crippen LogP contribution in [0.25, 0.3) is 0 Å². The standard InChI is InChI=1S/C16H22FN3O2.ClH/c1-10(2)14(16(22)19-11-7-8-18-9-11)20-15(21)12-5-3-4-6-13(12)17;/h3-6,10-11,14,18H,7-9H2,1-2H3,(H,19,22)(H,20,21);1H. The Morgan fingerprint density at radius 2 is 2.00 bits per heavy atom. The van der Waals surface area contributed by atoms with Gasteiger partial charge >= 0.3 is 0 Å². The van der Waals surface area contributed by atoms with Gasteiger partial charge in [0, 0.05) is 12.6 Å². The molecule has 5 nitrogen and oxygen atoms in total. The average molecular weight is 344 g/mol. The number of carbonyl (C=O) groups is 2. The number of amides is 2. The lowest BCUT2D eigenvalue weighted by atomic mass is 10.0. The Balaban J connectivity index is 0.00000264. The van der Waals surface area contributed by atoms with Crippen molar-refractivity contribution in [1.82, 2.24) is 16.0 Å². The normalized spacial score (nSPS) is 18.2. The quantitative estimate of drug-likeness (QED) is 0.758. The van der Waals surface area contributed by atoms with E-state index in [1.165, 1.54) is 18.2 Å². The van der Waals surface area contributed by atoms with Gasteiger partial charge in [0.1, 0.15) is 11.9 Å². The molecule has 1 heterocycles. The van der Waals surface area contributed by atoms with Crippen molar-refractivity contribution >= 4 is 24.2 Å². The highest BCUT2D eigenvalue weighted by Gasteiger charge is 2.28. The fourth-order valence-electron chi connectivity index (χ4n) is 2.47. The molecule has 0 bridgehead atoms. The van der Waals surface area contributed by atoms with E-state index in [0.29, 0.717) is 0 Å². The van der Waals surface area contributed by atoms with Crippen molar-refractivity contribution < 1.29 is 14.0 Å². The lowest BCUT2D eigenvalue weighted by Gasteiger charge is -2.23. The molecule has 2 rings (SSSR count). The minimum absolute atomic E-state index is 0. The van der Waals surface area contributed by atoms with E-state index >= 15 is 0 Å². The molecule has 128 valence electrons. The third-order valence-corrected chi connectivity index (χ3v) is 3.76. The minimum Gasteiger partial charge on any atom is -0.350 e. The number of nitrogens with one attached hydrogen (secondary N) is 3. The van der Waals surface area contributed by atoms with E-state index in [0.717, 1.165) is 19.5 Å². The van der Waals surface area contributed by atoms with Gasteiger partial charge in [-0.1, -0.05) is 26.0 Å². The Morgan fingerprint density at radius 1 is 1.30 bits per heavy atom. The van der Waals surface area contributed by atoms with Crippen LogP contribution in [0.4, 0.5) is 4.39 Å². The first-order chi connectivity index (χ1) is 10.5. The summed E-state index contributed by atoms with van der Waals surface area (Å²) in [5.41, 5.74) is -0.0523. The van der Waals surface area contributed by atoms with Crippen LogP contribution in [0, 0.1) is 11.7 Å². The monoisotopic (exact) mass is 343 g/mol. The molecule has 0 aromatic heterocycles. The van der Waals surface area contributed by atoms with Gasteiger partial charge in [-0.15, -0.1) is 12.4 Å². The van der Waals surface area contributed by atoms with Gasteiger partial charge in [0.2, 0.25) is 5.91 Å². The topological polar surface area (TPSA) is 70.2 Å². The van der Waals surface area contributed by atoms with Crippen LogP contribution in [0.1, 0.15) is 30.6 Å². The molecule has 2 atom stereocenters. The van der Waals surface area contributed by atoms with Crippen LogP contribution in [0.5, 0.6) is 0 Å². The predicted octanol–water partition coefficient (Wildman–Crippen LogP) is 1.48. The zero-order valence-electron chi connectivity index (χ0n) is 13.3. The second kappa shape index (κ2) is 8.84. The van der Waals surface area contributed by atoms with Crippen LogP contribution in [-0.4, -0.2) is 37.0 Å².